The molecule has 0 aliphatic heterocycles. The number of nitrogens with zero attached hydrogens (tertiary/aromatic N) is 2. The first kappa shape index (κ1) is 21.6. The van der Waals surface area contributed by atoms with Gasteiger partial charge in [0.05, 0.1) is 28.4 Å². The van der Waals surface area contributed by atoms with Gasteiger partial charge in [-0.15, -0.1) is 0 Å². The number of benzene rings is 1. The topological polar surface area (TPSA) is 81.1 Å². The van der Waals surface area contributed by atoms with Crippen LogP contribution in [0.2, 0.25) is 5.02 Å². The van der Waals surface area contributed by atoms with Crippen LogP contribution in [-0.2, 0) is 16.0 Å². The standard InChI is InChI=1S/C18H19ClF3N3O3S/c1-29(27,28)14-7-3-5-12(9-14)24-15-10-23-25(17(26)16(15)19)13-6-2-4-11(8-13)18(20,21)22/h2,4,6,8,10,12,14,24H,3,5,7,9H2,1H3. The number of halogens is 4. The van der Waals surface area contributed by atoms with Crippen LogP contribution in [0.5, 0.6) is 0 Å². The number of alkyl halides is 3. The third kappa shape index (κ3) is 4.92. The molecule has 2 aromatic rings. The quantitative estimate of drug-likeness (QED) is 0.770. The Morgan fingerprint density at radius 3 is 2.66 bits per heavy atom. The molecule has 1 aliphatic carbocycles. The van der Waals surface area contributed by atoms with E-state index < -0.39 is 32.4 Å². The molecule has 1 heterocycles. The summed E-state index contributed by atoms with van der Waals surface area (Å²) in [5.41, 5.74) is -1.52. The van der Waals surface area contributed by atoms with Gasteiger partial charge >= 0.3 is 6.18 Å². The molecule has 1 fully saturated rings. The van der Waals surface area contributed by atoms with Gasteiger partial charge in [-0.3, -0.25) is 4.79 Å². The monoisotopic (exact) mass is 449 g/mol. The summed E-state index contributed by atoms with van der Waals surface area (Å²) in [6.07, 6.45) is 0.285. The van der Waals surface area contributed by atoms with E-state index in [1.807, 2.05) is 0 Å². The third-order valence-electron chi connectivity index (χ3n) is 4.93. The van der Waals surface area contributed by atoms with Crippen LogP contribution < -0.4 is 10.9 Å². The van der Waals surface area contributed by atoms with E-state index in [4.69, 9.17) is 11.6 Å². The number of nitrogens with one attached hydrogen (secondary N) is 1. The summed E-state index contributed by atoms with van der Waals surface area (Å²) >= 11 is 6.15. The van der Waals surface area contributed by atoms with Gasteiger partial charge in [-0.25, -0.2) is 8.42 Å². The van der Waals surface area contributed by atoms with E-state index in [0.29, 0.717) is 25.7 Å². The van der Waals surface area contributed by atoms with Crippen LogP contribution in [0.15, 0.2) is 35.3 Å². The molecule has 1 aliphatic rings. The van der Waals surface area contributed by atoms with Crippen molar-refractivity contribution < 1.29 is 21.6 Å². The first-order chi connectivity index (χ1) is 13.5. The van der Waals surface area contributed by atoms with E-state index in [1.165, 1.54) is 24.6 Å². The minimum Gasteiger partial charge on any atom is -0.380 e. The molecule has 2 atom stereocenters. The van der Waals surface area contributed by atoms with Gasteiger partial charge in [0.2, 0.25) is 0 Å². The summed E-state index contributed by atoms with van der Waals surface area (Å²) in [5, 5.41) is 6.30. The molecule has 0 spiro atoms. The van der Waals surface area contributed by atoms with Crippen molar-refractivity contribution in [3.63, 3.8) is 0 Å². The number of rotatable bonds is 4. The molecule has 1 saturated carbocycles. The number of anilines is 1. The minimum absolute atomic E-state index is 0.0620. The fourth-order valence-corrected chi connectivity index (χ4v) is 4.78. The Bertz CT molecular complexity index is 1070. The Kier molecular flexibility index (Phi) is 5.96. The van der Waals surface area contributed by atoms with E-state index in [1.54, 1.807) is 0 Å². The highest BCUT2D eigenvalue weighted by Gasteiger charge is 2.31. The lowest BCUT2D eigenvalue weighted by atomic mass is 9.95. The molecule has 3 rings (SSSR count). The van der Waals surface area contributed by atoms with E-state index in [9.17, 15) is 26.4 Å². The first-order valence-electron chi connectivity index (χ1n) is 8.87. The second-order valence-electron chi connectivity index (χ2n) is 7.10. The molecule has 1 aromatic carbocycles. The lowest BCUT2D eigenvalue weighted by molar-refractivity contribution is -0.137. The lowest BCUT2D eigenvalue weighted by Gasteiger charge is -2.29. The zero-order chi connectivity index (χ0) is 21.4. The summed E-state index contributed by atoms with van der Waals surface area (Å²) in [5.74, 6) is 0. The molecular weight excluding hydrogens is 431 g/mol. The normalized spacial score (nSPS) is 20.4. The van der Waals surface area contributed by atoms with Crippen molar-refractivity contribution in [3.8, 4) is 5.69 Å². The average Bonchev–Trinajstić information content (AvgIpc) is 2.65. The molecule has 1 N–H and O–H groups in total. The average molecular weight is 450 g/mol. The number of sulfone groups is 1. The van der Waals surface area contributed by atoms with Crippen molar-refractivity contribution in [2.75, 3.05) is 11.6 Å². The maximum Gasteiger partial charge on any atom is 0.416 e. The zero-order valence-electron chi connectivity index (χ0n) is 15.4. The highest BCUT2D eigenvalue weighted by Crippen LogP contribution is 2.31. The van der Waals surface area contributed by atoms with Gasteiger partial charge in [-0.1, -0.05) is 24.1 Å². The first-order valence-corrected chi connectivity index (χ1v) is 11.2. The van der Waals surface area contributed by atoms with Crippen molar-refractivity contribution in [1.82, 2.24) is 9.78 Å². The molecule has 29 heavy (non-hydrogen) atoms. The Morgan fingerprint density at radius 2 is 2.00 bits per heavy atom. The Balaban J connectivity index is 1.86. The molecular formula is C18H19ClF3N3O3S. The number of hydrogen-bond acceptors (Lipinski definition) is 5. The summed E-state index contributed by atoms with van der Waals surface area (Å²) in [4.78, 5) is 12.6. The van der Waals surface area contributed by atoms with Crippen molar-refractivity contribution in [3.05, 3.63) is 51.4 Å². The molecule has 11 heteroatoms. The third-order valence-corrected chi connectivity index (χ3v) is 6.93. The van der Waals surface area contributed by atoms with Crippen LogP contribution in [-0.4, -0.2) is 35.7 Å². The lowest BCUT2D eigenvalue weighted by Crippen LogP contribution is -2.35. The minimum atomic E-state index is -4.55. The highest BCUT2D eigenvalue weighted by atomic mass is 35.5. The summed E-state index contributed by atoms with van der Waals surface area (Å²) in [6, 6.07) is 4.01. The second kappa shape index (κ2) is 7.98. The van der Waals surface area contributed by atoms with Gasteiger partial charge in [0.1, 0.15) is 14.9 Å². The van der Waals surface area contributed by atoms with Crippen LogP contribution in [0.25, 0.3) is 5.69 Å². The highest BCUT2D eigenvalue weighted by molar-refractivity contribution is 7.91. The van der Waals surface area contributed by atoms with E-state index in [0.717, 1.165) is 16.8 Å². The molecule has 1 aromatic heterocycles. The predicted molar refractivity (Wildman–Crippen MR) is 104 cm³/mol. The molecule has 0 bridgehead atoms. The zero-order valence-corrected chi connectivity index (χ0v) is 17.0. The van der Waals surface area contributed by atoms with E-state index in [2.05, 4.69) is 10.4 Å². The Hall–Kier alpha value is -2.07. The second-order valence-corrected chi connectivity index (χ2v) is 9.80. The van der Waals surface area contributed by atoms with Crippen molar-refractivity contribution >= 4 is 27.1 Å². The fourth-order valence-electron chi connectivity index (χ4n) is 3.42. The van der Waals surface area contributed by atoms with Crippen molar-refractivity contribution in [2.24, 2.45) is 0 Å². The smallest absolute Gasteiger partial charge is 0.380 e. The van der Waals surface area contributed by atoms with Crippen LogP contribution in [0, 0.1) is 0 Å². The fraction of sp³-hybridized carbons (Fsp3) is 0.444. The largest absolute Gasteiger partial charge is 0.416 e. The molecule has 2 unspecified atom stereocenters. The summed E-state index contributed by atoms with van der Waals surface area (Å²) in [6.45, 7) is 0. The van der Waals surface area contributed by atoms with Crippen LogP contribution in [0.3, 0.4) is 0 Å². The number of aromatic nitrogens is 2. The summed E-state index contributed by atoms with van der Waals surface area (Å²) in [7, 11) is -3.17. The molecule has 0 saturated heterocycles. The summed E-state index contributed by atoms with van der Waals surface area (Å²) < 4.78 is 63.2. The van der Waals surface area contributed by atoms with Gasteiger partial charge in [0.15, 0.2) is 0 Å². The van der Waals surface area contributed by atoms with Crippen LogP contribution >= 0.6 is 11.6 Å². The van der Waals surface area contributed by atoms with Crippen molar-refractivity contribution in [2.45, 2.75) is 43.2 Å². The maximum atomic E-state index is 12.9. The van der Waals surface area contributed by atoms with Crippen LogP contribution in [0.4, 0.5) is 18.9 Å². The predicted octanol–water partition coefficient (Wildman–Crippen LogP) is 3.67. The molecule has 0 radical (unpaired) electrons. The van der Waals surface area contributed by atoms with Gasteiger partial charge in [-0.2, -0.15) is 23.0 Å². The molecule has 0 amide bonds. The maximum absolute atomic E-state index is 12.9. The Morgan fingerprint density at radius 1 is 1.28 bits per heavy atom. The van der Waals surface area contributed by atoms with Gasteiger partial charge in [0.25, 0.3) is 5.56 Å². The number of hydrogen-bond donors (Lipinski definition) is 1. The van der Waals surface area contributed by atoms with Gasteiger partial charge in [-0.05, 0) is 37.5 Å². The molecule has 6 nitrogen and oxygen atoms in total. The molecule has 158 valence electrons. The van der Waals surface area contributed by atoms with Crippen molar-refractivity contribution in [1.29, 1.82) is 0 Å². The van der Waals surface area contributed by atoms with Gasteiger partial charge in [0, 0.05) is 12.3 Å². The Labute approximate surface area is 170 Å². The van der Waals surface area contributed by atoms with Gasteiger partial charge < -0.3 is 5.32 Å². The van der Waals surface area contributed by atoms with E-state index >= 15 is 0 Å². The SMILES string of the molecule is CS(=O)(=O)C1CCCC(Nc2cnn(-c3cccc(C(F)(F)F)c3)c(=O)c2Cl)C1. The van der Waals surface area contributed by atoms with Crippen LogP contribution in [0.1, 0.15) is 31.2 Å². The van der Waals surface area contributed by atoms with E-state index in [-0.39, 0.29) is 22.4 Å².